The zero-order valence-electron chi connectivity index (χ0n) is 20.3. The summed E-state index contributed by atoms with van der Waals surface area (Å²) in [5.74, 6) is 0.401. The van der Waals surface area contributed by atoms with Gasteiger partial charge in [-0.15, -0.1) is 0 Å². The van der Waals surface area contributed by atoms with Gasteiger partial charge >= 0.3 is 0 Å². The van der Waals surface area contributed by atoms with Gasteiger partial charge < -0.3 is 19.7 Å². The molecular formula is C27H33N3O5. The van der Waals surface area contributed by atoms with Crippen LogP contribution in [0.15, 0.2) is 42.5 Å². The van der Waals surface area contributed by atoms with E-state index in [-0.39, 0.29) is 37.4 Å². The third kappa shape index (κ3) is 6.39. The van der Waals surface area contributed by atoms with E-state index in [0.29, 0.717) is 29.3 Å². The van der Waals surface area contributed by atoms with Gasteiger partial charge in [0, 0.05) is 18.7 Å². The number of anilines is 1. The number of para-hydroxylation sites is 1. The van der Waals surface area contributed by atoms with E-state index in [1.807, 2.05) is 24.3 Å². The van der Waals surface area contributed by atoms with E-state index in [1.54, 1.807) is 18.2 Å². The first-order valence-electron chi connectivity index (χ1n) is 12.4. The lowest BCUT2D eigenvalue weighted by Gasteiger charge is -2.29. The Labute approximate surface area is 206 Å². The third-order valence-corrected chi connectivity index (χ3v) is 6.33. The van der Waals surface area contributed by atoms with Crippen LogP contribution < -0.4 is 19.7 Å². The van der Waals surface area contributed by atoms with Crippen molar-refractivity contribution in [2.24, 2.45) is 0 Å². The van der Waals surface area contributed by atoms with Gasteiger partial charge in [-0.25, -0.2) is 0 Å². The molecule has 186 valence electrons. The first kappa shape index (κ1) is 24.7. The number of ketones is 1. The van der Waals surface area contributed by atoms with Gasteiger partial charge in [-0.1, -0.05) is 31.5 Å². The molecule has 0 radical (unpaired) electrons. The van der Waals surface area contributed by atoms with Crippen molar-refractivity contribution in [3.63, 3.8) is 0 Å². The Morgan fingerprint density at radius 3 is 2.71 bits per heavy atom. The summed E-state index contributed by atoms with van der Waals surface area (Å²) in [5, 5.41) is 2.90. The third-order valence-electron chi connectivity index (χ3n) is 6.33. The number of nitrogens with one attached hydrogen (secondary N) is 1. The number of carbonyl (C=O) groups is 3. The van der Waals surface area contributed by atoms with Gasteiger partial charge in [0.05, 0.1) is 5.69 Å². The second kappa shape index (κ2) is 11.8. The summed E-state index contributed by atoms with van der Waals surface area (Å²) in [4.78, 5) is 41.7. The Hall–Kier alpha value is -3.39. The normalized spacial score (nSPS) is 15.5. The van der Waals surface area contributed by atoms with Crippen molar-refractivity contribution in [3.8, 4) is 11.5 Å². The fourth-order valence-electron chi connectivity index (χ4n) is 4.46. The minimum Gasteiger partial charge on any atom is -0.485 e. The molecule has 2 aliphatic rings. The van der Waals surface area contributed by atoms with Crippen molar-refractivity contribution in [3.05, 3.63) is 53.6 Å². The van der Waals surface area contributed by atoms with Gasteiger partial charge in [0.15, 0.2) is 19.0 Å². The molecule has 1 fully saturated rings. The maximum atomic E-state index is 12.9. The number of aryl methyl sites for hydroxylation is 1. The van der Waals surface area contributed by atoms with E-state index in [9.17, 15) is 14.4 Å². The van der Waals surface area contributed by atoms with Crippen molar-refractivity contribution >= 4 is 23.3 Å². The van der Waals surface area contributed by atoms with Gasteiger partial charge in [-0.05, 0) is 62.2 Å². The monoisotopic (exact) mass is 479 g/mol. The number of likely N-dealkylation sites (tertiary alicyclic amines) is 1. The molecule has 2 aromatic rings. The van der Waals surface area contributed by atoms with Gasteiger partial charge in [-0.3, -0.25) is 19.3 Å². The molecule has 8 nitrogen and oxygen atoms in total. The predicted octanol–water partition coefficient (Wildman–Crippen LogP) is 2.84. The molecule has 0 aliphatic carbocycles. The first-order chi connectivity index (χ1) is 17.0. The SMILES string of the molecule is CCCc1ccccc1OCC(=O)c1ccc2c(c1)N(CC(=O)NCCN1CCCC1)C(=O)CO2. The number of benzene rings is 2. The fraction of sp³-hybridized carbons (Fsp3) is 0.444. The lowest BCUT2D eigenvalue weighted by atomic mass is 10.1. The Morgan fingerprint density at radius 2 is 1.91 bits per heavy atom. The van der Waals surface area contributed by atoms with Crippen LogP contribution in [0.2, 0.25) is 0 Å². The lowest BCUT2D eigenvalue weighted by molar-refractivity contribution is -0.125. The highest BCUT2D eigenvalue weighted by molar-refractivity contribution is 6.04. The van der Waals surface area contributed by atoms with Crippen LogP contribution in [0, 0.1) is 0 Å². The molecule has 2 amide bonds. The van der Waals surface area contributed by atoms with Crippen LogP contribution in [0.3, 0.4) is 0 Å². The van der Waals surface area contributed by atoms with Crippen molar-refractivity contribution in [2.45, 2.75) is 32.6 Å². The highest BCUT2D eigenvalue weighted by Crippen LogP contribution is 2.33. The molecule has 0 saturated carbocycles. The number of fused-ring (bicyclic) bond motifs is 1. The predicted molar refractivity (Wildman–Crippen MR) is 133 cm³/mol. The quantitative estimate of drug-likeness (QED) is 0.499. The zero-order valence-corrected chi connectivity index (χ0v) is 20.3. The van der Waals surface area contributed by atoms with Crippen LogP contribution in [0.25, 0.3) is 0 Å². The van der Waals surface area contributed by atoms with Crippen molar-refractivity contribution < 1.29 is 23.9 Å². The molecule has 2 aliphatic heterocycles. The number of hydrogen-bond donors (Lipinski definition) is 1. The Balaban J connectivity index is 1.39. The van der Waals surface area contributed by atoms with E-state index in [1.165, 1.54) is 17.7 Å². The maximum absolute atomic E-state index is 12.9. The molecule has 2 aromatic carbocycles. The van der Waals surface area contributed by atoms with Gasteiger partial charge in [0.1, 0.15) is 18.0 Å². The first-order valence-corrected chi connectivity index (χ1v) is 12.4. The average molecular weight is 480 g/mol. The van der Waals surface area contributed by atoms with Gasteiger partial charge in [-0.2, -0.15) is 0 Å². The van der Waals surface area contributed by atoms with Crippen LogP contribution in [0.1, 0.15) is 42.1 Å². The summed E-state index contributed by atoms with van der Waals surface area (Å²) in [7, 11) is 0. The maximum Gasteiger partial charge on any atom is 0.265 e. The molecule has 1 saturated heterocycles. The Bertz CT molecular complexity index is 1060. The zero-order chi connectivity index (χ0) is 24.6. The van der Waals surface area contributed by atoms with E-state index >= 15 is 0 Å². The molecular weight excluding hydrogens is 446 g/mol. The van der Waals surface area contributed by atoms with E-state index in [4.69, 9.17) is 9.47 Å². The molecule has 0 atom stereocenters. The highest BCUT2D eigenvalue weighted by atomic mass is 16.5. The number of hydrogen-bond acceptors (Lipinski definition) is 6. The number of nitrogens with zero attached hydrogens (tertiary/aromatic N) is 2. The minimum absolute atomic E-state index is 0.117. The topological polar surface area (TPSA) is 88.2 Å². The average Bonchev–Trinajstić information content (AvgIpc) is 3.38. The fourth-order valence-corrected chi connectivity index (χ4v) is 4.46. The number of Topliss-reactive ketones (excluding diaryl/α,β-unsaturated/α-hetero) is 1. The molecule has 0 bridgehead atoms. The summed E-state index contributed by atoms with van der Waals surface area (Å²) in [6.45, 7) is 5.19. The molecule has 2 heterocycles. The molecule has 0 spiro atoms. The summed E-state index contributed by atoms with van der Waals surface area (Å²) in [6, 6.07) is 12.6. The summed E-state index contributed by atoms with van der Waals surface area (Å²) >= 11 is 0. The summed E-state index contributed by atoms with van der Waals surface area (Å²) in [6.07, 6.45) is 4.25. The summed E-state index contributed by atoms with van der Waals surface area (Å²) in [5.41, 5.74) is 1.89. The van der Waals surface area contributed by atoms with Gasteiger partial charge in [0.25, 0.3) is 5.91 Å². The Kier molecular flexibility index (Phi) is 8.36. The van der Waals surface area contributed by atoms with E-state index in [0.717, 1.165) is 38.0 Å². The molecule has 35 heavy (non-hydrogen) atoms. The van der Waals surface area contributed by atoms with Crippen molar-refractivity contribution in [1.82, 2.24) is 10.2 Å². The smallest absolute Gasteiger partial charge is 0.265 e. The van der Waals surface area contributed by atoms with E-state index in [2.05, 4.69) is 17.1 Å². The number of rotatable bonds is 11. The lowest BCUT2D eigenvalue weighted by Crippen LogP contribution is -2.46. The van der Waals surface area contributed by atoms with E-state index < -0.39 is 0 Å². The van der Waals surface area contributed by atoms with Crippen LogP contribution in [0.4, 0.5) is 5.69 Å². The van der Waals surface area contributed by atoms with Crippen molar-refractivity contribution in [2.75, 3.05) is 50.8 Å². The Morgan fingerprint density at radius 1 is 1.11 bits per heavy atom. The van der Waals surface area contributed by atoms with Gasteiger partial charge in [0.2, 0.25) is 5.91 Å². The second-order valence-electron chi connectivity index (χ2n) is 8.92. The molecule has 0 unspecified atom stereocenters. The summed E-state index contributed by atoms with van der Waals surface area (Å²) < 4.78 is 11.4. The molecule has 1 N–H and O–H groups in total. The largest absolute Gasteiger partial charge is 0.485 e. The second-order valence-corrected chi connectivity index (χ2v) is 8.92. The number of carbonyl (C=O) groups excluding carboxylic acids is 3. The van der Waals surface area contributed by atoms with Crippen LogP contribution in [-0.2, 0) is 16.0 Å². The molecule has 4 rings (SSSR count). The number of amides is 2. The standard InChI is InChI=1S/C27H33N3O5/c1-2-7-20-8-3-4-9-24(20)34-18-23(31)21-10-11-25-22(16-21)30(27(33)19-35-25)17-26(32)28-12-15-29-13-5-6-14-29/h3-4,8-11,16H,2,5-7,12-15,17-19H2,1H3,(H,28,32). The molecule has 0 aromatic heterocycles. The van der Waals surface area contributed by atoms with Crippen molar-refractivity contribution in [1.29, 1.82) is 0 Å². The van der Waals surface area contributed by atoms with Crippen LogP contribution in [0.5, 0.6) is 11.5 Å². The van der Waals surface area contributed by atoms with Crippen LogP contribution >= 0.6 is 0 Å². The number of ether oxygens (including phenoxy) is 2. The highest BCUT2D eigenvalue weighted by Gasteiger charge is 2.28. The molecule has 8 heteroatoms. The minimum atomic E-state index is -0.318. The van der Waals surface area contributed by atoms with Crippen LogP contribution in [-0.4, -0.2) is 68.4 Å².